The fourth-order valence-electron chi connectivity index (χ4n) is 1.50. The van der Waals surface area contributed by atoms with E-state index < -0.39 is 20.7 Å². The lowest BCUT2D eigenvalue weighted by Crippen LogP contribution is -2.11. The van der Waals surface area contributed by atoms with Crippen LogP contribution < -0.4 is 0 Å². The summed E-state index contributed by atoms with van der Waals surface area (Å²) in [6.45, 7) is 0. The number of sulfone groups is 1. The van der Waals surface area contributed by atoms with Gasteiger partial charge in [-0.1, -0.05) is 0 Å². The molecule has 0 radical (unpaired) electrons. The maximum Gasteiger partial charge on any atom is 0.349 e. The highest BCUT2D eigenvalue weighted by Gasteiger charge is 2.34. The van der Waals surface area contributed by atoms with Crippen molar-refractivity contribution in [2.24, 2.45) is 0 Å². The Kier molecular flexibility index (Phi) is 2.23. The lowest BCUT2D eigenvalue weighted by atomic mass is 10.2. The number of carbonyl (C=O) groups excluding carboxylic acids is 1. The first-order valence-corrected chi connectivity index (χ1v) is 5.83. The van der Waals surface area contributed by atoms with Gasteiger partial charge < -0.3 is 9.84 Å². The minimum Gasteiger partial charge on any atom is -0.508 e. The molecule has 84 valence electrons. The first-order valence-electron chi connectivity index (χ1n) is 4.35. The zero-order valence-electron chi connectivity index (χ0n) is 8.30. The summed E-state index contributed by atoms with van der Waals surface area (Å²) < 4.78 is 28.1. The van der Waals surface area contributed by atoms with E-state index in [2.05, 4.69) is 4.74 Å². The van der Waals surface area contributed by atoms with Crippen LogP contribution in [0.1, 0.15) is 5.56 Å². The third-order valence-corrected chi connectivity index (χ3v) is 4.06. The zero-order chi connectivity index (χ0) is 11.9. The number of phenolic OH excluding ortho intramolecular Hbond substituents is 1. The van der Waals surface area contributed by atoms with Crippen molar-refractivity contribution in [2.45, 2.75) is 4.90 Å². The first kappa shape index (κ1) is 10.7. The molecule has 0 fully saturated rings. The van der Waals surface area contributed by atoms with Crippen molar-refractivity contribution >= 4 is 21.9 Å². The van der Waals surface area contributed by atoms with E-state index >= 15 is 0 Å². The van der Waals surface area contributed by atoms with Gasteiger partial charge in [0.05, 0.1) is 12.0 Å². The van der Waals surface area contributed by atoms with Gasteiger partial charge in [-0.3, -0.25) is 0 Å². The Balaban J connectivity index is 2.66. The first-order chi connectivity index (χ1) is 7.46. The van der Waals surface area contributed by atoms with Crippen LogP contribution in [0.5, 0.6) is 5.75 Å². The number of phenols is 1. The van der Waals surface area contributed by atoms with E-state index in [0.717, 1.165) is 7.11 Å². The smallest absolute Gasteiger partial charge is 0.349 e. The molecule has 0 amide bonds. The molecule has 6 heteroatoms. The molecular weight excluding hydrogens is 232 g/mol. The van der Waals surface area contributed by atoms with Crippen molar-refractivity contribution in [3.63, 3.8) is 0 Å². The summed E-state index contributed by atoms with van der Waals surface area (Å²) in [4.78, 5) is 10.8. The highest BCUT2D eigenvalue weighted by Crippen LogP contribution is 2.34. The molecule has 0 aromatic heterocycles. The largest absolute Gasteiger partial charge is 0.508 e. The molecule has 1 N–H and O–H groups in total. The molecular formula is C10H8O5S. The standard InChI is InChI=1S/C10H8O5S/c1-15-10(12)9-5-6-4-7(11)2-3-8(6)16(9,13)14/h2-5,11H,1H3. The summed E-state index contributed by atoms with van der Waals surface area (Å²) in [6, 6.07) is 3.79. The third kappa shape index (κ3) is 1.38. The predicted molar refractivity (Wildman–Crippen MR) is 55.3 cm³/mol. The summed E-state index contributed by atoms with van der Waals surface area (Å²) in [6.07, 6.45) is 1.19. The lowest BCUT2D eigenvalue weighted by Gasteiger charge is -2.01. The second-order valence-electron chi connectivity index (χ2n) is 3.23. The van der Waals surface area contributed by atoms with Crippen LogP contribution in [0.15, 0.2) is 28.0 Å². The fraction of sp³-hybridized carbons (Fsp3) is 0.100. The van der Waals surface area contributed by atoms with E-state index in [0.29, 0.717) is 5.56 Å². The zero-order valence-corrected chi connectivity index (χ0v) is 9.11. The average Bonchev–Trinajstić information content (AvgIpc) is 2.49. The Morgan fingerprint density at radius 3 is 2.69 bits per heavy atom. The van der Waals surface area contributed by atoms with Gasteiger partial charge in [-0.15, -0.1) is 0 Å². The fourth-order valence-corrected chi connectivity index (χ4v) is 3.00. The molecule has 1 aliphatic rings. The average molecular weight is 240 g/mol. The van der Waals surface area contributed by atoms with Gasteiger partial charge in [0, 0.05) is 0 Å². The molecule has 0 saturated carbocycles. The number of benzene rings is 1. The van der Waals surface area contributed by atoms with Crippen molar-refractivity contribution in [3.05, 3.63) is 28.7 Å². The minimum absolute atomic E-state index is 0.00528. The minimum atomic E-state index is -3.80. The van der Waals surface area contributed by atoms with Crippen molar-refractivity contribution in [2.75, 3.05) is 7.11 Å². The van der Waals surface area contributed by atoms with Crippen LogP contribution in [-0.4, -0.2) is 26.6 Å². The van der Waals surface area contributed by atoms with Gasteiger partial charge >= 0.3 is 5.97 Å². The summed E-state index contributed by atoms with van der Waals surface area (Å²) in [7, 11) is -2.69. The van der Waals surface area contributed by atoms with E-state index in [1.54, 1.807) is 0 Å². The van der Waals surface area contributed by atoms with Gasteiger partial charge in [0.2, 0.25) is 9.84 Å². The maximum atomic E-state index is 11.8. The maximum absolute atomic E-state index is 11.8. The Bertz CT molecular complexity index is 598. The molecule has 0 spiro atoms. The molecule has 0 saturated heterocycles. The van der Waals surface area contributed by atoms with Crippen molar-refractivity contribution in [3.8, 4) is 5.75 Å². The normalized spacial score (nSPS) is 16.4. The number of carbonyl (C=O) groups is 1. The van der Waals surface area contributed by atoms with Gasteiger partial charge in [-0.25, -0.2) is 13.2 Å². The molecule has 1 aliphatic heterocycles. The van der Waals surface area contributed by atoms with Crippen molar-refractivity contribution in [1.82, 2.24) is 0 Å². The number of esters is 1. The van der Waals surface area contributed by atoms with Gasteiger partial charge in [0.15, 0.2) is 4.91 Å². The Hall–Kier alpha value is -1.82. The van der Waals surface area contributed by atoms with E-state index in [-0.39, 0.29) is 10.6 Å². The molecule has 1 heterocycles. The van der Waals surface area contributed by atoms with Crippen LogP contribution >= 0.6 is 0 Å². The number of ether oxygens (including phenoxy) is 1. The Morgan fingerprint density at radius 1 is 1.38 bits per heavy atom. The molecule has 1 aromatic rings. The number of hydrogen-bond acceptors (Lipinski definition) is 5. The third-order valence-electron chi connectivity index (χ3n) is 2.25. The van der Waals surface area contributed by atoms with Crippen molar-refractivity contribution < 1.29 is 23.1 Å². The molecule has 0 bridgehead atoms. The van der Waals surface area contributed by atoms with Crippen LogP contribution in [0.3, 0.4) is 0 Å². The van der Waals surface area contributed by atoms with Gasteiger partial charge in [0.25, 0.3) is 0 Å². The summed E-state index contributed by atoms with van der Waals surface area (Å²) in [5.74, 6) is -0.966. The number of hydrogen-bond donors (Lipinski definition) is 1. The number of methoxy groups -OCH3 is 1. The van der Waals surface area contributed by atoms with Crippen molar-refractivity contribution in [1.29, 1.82) is 0 Å². The molecule has 0 atom stereocenters. The van der Waals surface area contributed by atoms with Gasteiger partial charge in [0.1, 0.15) is 5.75 Å². The Morgan fingerprint density at radius 2 is 2.06 bits per heavy atom. The molecule has 1 aromatic carbocycles. The van der Waals surface area contributed by atoms with E-state index in [1.165, 1.54) is 24.3 Å². The van der Waals surface area contributed by atoms with Crippen LogP contribution in [0.4, 0.5) is 0 Å². The van der Waals surface area contributed by atoms with E-state index in [9.17, 15) is 18.3 Å². The second-order valence-corrected chi connectivity index (χ2v) is 5.11. The number of fused-ring (bicyclic) bond motifs is 1. The molecule has 2 rings (SSSR count). The lowest BCUT2D eigenvalue weighted by molar-refractivity contribution is -0.135. The number of rotatable bonds is 1. The van der Waals surface area contributed by atoms with Gasteiger partial charge in [-0.05, 0) is 29.8 Å². The quantitative estimate of drug-likeness (QED) is 0.730. The van der Waals surface area contributed by atoms with E-state index in [4.69, 9.17) is 0 Å². The monoisotopic (exact) mass is 240 g/mol. The second kappa shape index (κ2) is 3.34. The highest BCUT2D eigenvalue weighted by atomic mass is 32.2. The Labute approximate surface area is 91.9 Å². The van der Waals surface area contributed by atoms with Gasteiger partial charge in [-0.2, -0.15) is 0 Å². The van der Waals surface area contributed by atoms with E-state index in [1.807, 2.05) is 0 Å². The summed E-state index contributed by atoms with van der Waals surface area (Å²) >= 11 is 0. The van der Waals surface area contributed by atoms with Crippen LogP contribution in [0.25, 0.3) is 6.08 Å². The summed E-state index contributed by atoms with van der Waals surface area (Å²) in [5, 5.41) is 9.21. The molecule has 16 heavy (non-hydrogen) atoms. The predicted octanol–water partition coefficient (Wildman–Crippen LogP) is 0.693. The molecule has 0 unspecified atom stereocenters. The van der Waals surface area contributed by atoms with Crippen LogP contribution in [0.2, 0.25) is 0 Å². The topological polar surface area (TPSA) is 80.7 Å². The molecule has 0 aliphatic carbocycles. The molecule has 5 nitrogen and oxygen atoms in total. The SMILES string of the molecule is COC(=O)C1=Cc2cc(O)ccc2S1(=O)=O. The highest BCUT2D eigenvalue weighted by molar-refractivity contribution is 7.96. The van der Waals surface area contributed by atoms with Crippen LogP contribution in [-0.2, 0) is 19.4 Å². The summed E-state index contributed by atoms with van der Waals surface area (Å²) in [5.41, 5.74) is 0.292. The number of aromatic hydroxyl groups is 1. The van der Waals surface area contributed by atoms with Crippen LogP contribution in [0, 0.1) is 0 Å².